The molecule has 10 amide bonds. The molecule has 1 rings (SSSR count). The summed E-state index contributed by atoms with van der Waals surface area (Å²) in [4.78, 5) is 154. The lowest BCUT2D eigenvalue weighted by molar-refractivity contribution is -0.144. The zero-order valence-electron chi connectivity index (χ0n) is 41.5. The average Bonchev–Trinajstić information content (AvgIpc) is 3.26. The van der Waals surface area contributed by atoms with E-state index in [2.05, 4.69) is 47.9 Å². The van der Waals surface area contributed by atoms with Crippen LogP contribution in [0.25, 0.3) is 0 Å². The Bertz CT molecular complexity index is 2160. The number of nitrogens with one attached hydrogen (secondary N) is 9. The summed E-state index contributed by atoms with van der Waals surface area (Å²) in [5.41, 5.74) is 5.95. The van der Waals surface area contributed by atoms with Crippen molar-refractivity contribution in [1.29, 1.82) is 0 Å². The van der Waals surface area contributed by atoms with Crippen LogP contribution in [0, 0.1) is 21.3 Å². The van der Waals surface area contributed by atoms with Gasteiger partial charge in [-0.1, -0.05) is 54.0 Å². The van der Waals surface area contributed by atoms with Crippen molar-refractivity contribution < 1.29 is 78.0 Å². The molecule has 15 N–H and O–H groups in total. The largest absolute Gasteiger partial charge is 0.507 e. The van der Waals surface area contributed by atoms with Gasteiger partial charge in [0.05, 0.1) is 29.1 Å². The molecule has 0 saturated carbocycles. The van der Waals surface area contributed by atoms with Crippen molar-refractivity contribution in [3.63, 3.8) is 0 Å². The normalized spacial score (nSPS) is 15.2. The van der Waals surface area contributed by atoms with Crippen LogP contribution in [0.5, 0.6) is 5.75 Å². The molecule has 0 unspecified atom stereocenters. The molecule has 402 valence electrons. The molecule has 0 heterocycles. The summed E-state index contributed by atoms with van der Waals surface area (Å²) in [6.07, 6.45) is -3.27. The Morgan fingerprint density at radius 2 is 1.14 bits per heavy atom. The molecule has 0 fully saturated rings. The fourth-order valence-corrected chi connectivity index (χ4v) is 7.29. The monoisotopic (exact) mass is 1130 g/mol. The van der Waals surface area contributed by atoms with Crippen molar-refractivity contribution in [3.8, 4) is 5.75 Å². The van der Waals surface area contributed by atoms with Gasteiger partial charge in [-0.15, -0.1) is 0 Å². The number of aliphatic hydroxyl groups is 1. The fraction of sp³-hybridized carbons (Fsp3) is 0.600. The Hall–Kier alpha value is -6.65. The summed E-state index contributed by atoms with van der Waals surface area (Å²) >= 11 is 1.90. The quantitative estimate of drug-likeness (QED) is 0.0345. The lowest BCUT2D eigenvalue weighted by Gasteiger charge is -2.30. The van der Waals surface area contributed by atoms with Crippen LogP contribution in [0.3, 0.4) is 0 Å². The van der Waals surface area contributed by atoms with Gasteiger partial charge >= 0.3 is 11.9 Å². The Labute approximate surface area is 429 Å². The molecule has 0 aliphatic heterocycles. The maximum atomic E-state index is 13.9. The molecule has 0 aromatic heterocycles. The van der Waals surface area contributed by atoms with Gasteiger partial charge in [0.1, 0.15) is 54.1 Å². The fourth-order valence-electron chi connectivity index (χ4n) is 6.71. The number of phenolic OH excluding ortho intramolecular Hbond substituents is 1. The molecule has 0 aliphatic rings. The van der Waals surface area contributed by atoms with Crippen molar-refractivity contribution in [1.82, 2.24) is 47.9 Å². The van der Waals surface area contributed by atoms with Gasteiger partial charge in [-0.25, -0.2) is 4.79 Å². The molecule has 1 aromatic carbocycles. The van der Waals surface area contributed by atoms with Crippen molar-refractivity contribution in [2.45, 2.75) is 149 Å². The van der Waals surface area contributed by atoms with Crippen LogP contribution in [-0.2, 0) is 64.0 Å². The SMILES string of the molecule is CC[C@@H](C)[C@H](NC(=O)[C@@H](NC(=O)[C@@H](NC(=O)CNC(=O)[C@H](C)NC(=O)[C@H](Cc1ccc(O)c(I)c1)NC(C)=O)[C@@H](C)O)C(C)C)C(=O)N[C@@H](CC(N)=O)C(=O)N[C@@H](CC(=O)O)C(=O)N[C@@H](CC(C)C)C(=O)O. The predicted octanol–water partition coefficient (Wildman–Crippen LogP) is -2.86. The molecule has 27 heteroatoms. The highest BCUT2D eigenvalue weighted by atomic mass is 127. The number of carboxylic acid groups (broad SMARTS) is 2. The first-order valence-electron chi connectivity index (χ1n) is 22.9. The van der Waals surface area contributed by atoms with Crippen LogP contribution in [0.15, 0.2) is 18.2 Å². The van der Waals surface area contributed by atoms with E-state index in [-0.39, 0.29) is 30.9 Å². The van der Waals surface area contributed by atoms with Gasteiger partial charge in [0.15, 0.2) is 0 Å². The number of halogens is 1. The van der Waals surface area contributed by atoms with Crippen molar-refractivity contribution >= 4 is 93.6 Å². The van der Waals surface area contributed by atoms with Gasteiger partial charge in [0, 0.05) is 13.3 Å². The molecular weight excluding hydrogens is 1060 g/mol. The molecule has 72 heavy (non-hydrogen) atoms. The Morgan fingerprint density at radius 3 is 1.62 bits per heavy atom. The number of phenols is 1. The number of amides is 10. The third-order valence-electron chi connectivity index (χ3n) is 10.8. The topological polar surface area (TPSA) is 420 Å². The molecule has 0 bridgehead atoms. The number of benzene rings is 1. The zero-order chi connectivity index (χ0) is 55.3. The van der Waals surface area contributed by atoms with Gasteiger partial charge in [0.25, 0.3) is 0 Å². The lowest BCUT2D eigenvalue weighted by Crippen LogP contribution is -2.62. The summed E-state index contributed by atoms with van der Waals surface area (Å²) in [6.45, 7) is 12.5. The van der Waals surface area contributed by atoms with Gasteiger partial charge in [-0.3, -0.25) is 52.7 Å². The molecule has 10 atom stereocenters. The van der Waals surface area contributed by atoms with Crippen LogP contribution >= 0.6 is 22.6 Å². The van der Waals surface area contributed by atoms with E-state index in [1.807, 2.05) is 22.6 Å². The van der Waals surface area contributed by atoms with E-state index in [4.69, 9.17) is 5.73 Å². The lowest BCUT2D eigenvalue weighted by atomic mass is 9.95. The third kappa shape index (κ3) is 22.2. The number of aromatic hydroxyl groups is 1. The first kappa shape index (κ1) is 63.4. The van der Waals surface area contributed by atoms with Crippen molar-refractivity contribution in [2.75, 3.05) is 6.54 Å². The van der Waals surface area contributed by atoms with Crippen molar-refractivity contribution in [2.24, 2.45) is 23.5 Å². The molecular formula is C45H69IN10O16. The van der Waals surface area contributed by atoms with Crippen LogP contribution in [0.2, 0.25) is 0 Å². The Kier molecular flexibility index (Phi) is 26.6. The van der Waals surface area contributed by atoms with E-state index in [1.165, 1.54) is 33.8 Å². The van der Waals surface area contributed by atoms with Gasteiger partial charge in [-0.2, -0.15) is 0 Å². The standard InChI is InChI=1S/C45H69IN10O16/c1-10-21(6)36(43(69)52-28(16-32(47)60)40(66)51-29(17-34(62)63)41(67)53-30(45(71)72)13-19(2)3)56-42(68)35(20(4)5)55-44(70)37(23(8)57)54-33(61)18-48-38(64)22(7)49-39(65)27(50-24(9)58)15-25-11-12-31(59)26(46)14-25/h11-12,14,19-23,27-30,35-37,57,59H,10,13,15-18H2,1-9H3,(H2,47,60)(H,48,64)(H,49,65)(H,50,58)(H,51,66)(H,52,69)(H,53,67)(H,54,61)(H,55,70)(H,56,68)(H,62,63)(H,71,72)/t21-,22+,23-,27+,28+,29+,30+,35+,36+,37+/m1/s1. The summed E-state index contributed by atoms with van der Waals surface area (Å²) < 4.78 is 0.504. The second kappa shape index (κ2) is 30.3. The molecule has 0 radical (unpaired) electrons. The second-order valence-corrected chi connectivity index (χ2v) is 19.2. The average molecular weight is 1130 g/mol. The summed E-state index contributed by atoms with van der Waals surface area (Å²) in [5, 5.41) is 60.5. The van der Waals surface area contributed by atoms with E-state index in [0.29, 0.717) is 9.13 Å². The van der Waals surface area contributed by atoms with Gasteiger partial charge in [-0.05, 0) is 78.3 Å². The Balaban J connectivity index is 3.16. The number of aliphatic hydroxyl groups excluding tert-OH is 1. The molecule has 1 aromatic rings. The van der Waals surface area contributed by atoms with E-state index < -0.39 is 157 Å². The number of rotatable bonds is 30. The van der Waals surface area contributed by atoms with E-state index in [1.54, 1.807) is 39.8 Å². The number of hydrogen-bond donors (Lipinski definition) is 14. The van der Waals surface area contributed by atoms with E-state index >= 15 is 0 Å². The second-order valence-electron chi connectivity index (χ2n) is 18.0. The number of carboxylic acids is 2. The van der Waals surface area contributed by atoms with Crippen LogP contribution < -0.4 is 53.6 Å². The van der Waals surface area contributed by atoms with Crippen molar-refractivity contribution in [3.05, 3.63) is 27.3 Å². The summed E-state index contributed by atoms with van der Waals surface area (Å²) in [6, 6.07) is -7.55. The van der Waals surface area contributed by atoms with Crippen LogP contribution in [0.1, 0.15) is 93.6 Å². The minimum atomic E-state index is -1.88. The molecule has 0 aliphatic carbocycles. The smallest absolute Gasteiger partial charge is 0.326 e. The number of primary amides is 1. The maximum Gasteiger partial charge on any atom is 0.326 e. The zero-order valence-corrected chi connectivity index (χ0v) is 43.7. The van der Waals surface area contributed by atoms with E-state index in [0.717, 1.165) is 6.92 Å². The van der Waals surface area contributed by atoms with Gasteiger partial charge < -0.3 is 74.0 Å². The van der Waals surface area contributed by atoms with E-state index in [9.17, 15) is 78.0 Å². The minimum Gasteiger partial charge on any atom is -0.507 e. The highest BCUT2D eigenvalue weighted by Gasteiger charge is 2.37. The van der Waals surface area contributed by atoms with Crippen LogP contribution in [-0.4, -0.2) is 152 Å². The molecule has 26 nitrogen and oxygen atoms in total. The summed E-state index contributed by atoms with van der Waals surface area (Å²) in [7, 11) is 0. The third-order valence-corrected chi connectivity index (χ3v) is 11.7. The number of carbonyl (C=O) groups is 12. The number of aliphatic carboxylic acids is 2. The number of nitrogens with two attached hydrogens (primary N) is 1. The Morgan fingerprint density at radius 1 is 0.625 bits per heavy atom. The summed E-state index contributed by atoms with van der Waals surface area (Å²) in [5.74, 6) is -14.3. The number of carbonyl (C=O) groups excluding carboxylic acids is 10. The van der Waals surface area contributed by atoms with Gasteiger partial charge in [0.2, 0.25) is 59.1 Å². The first-order valence-corrected chi connectivity index (χ1v) is 24.0. The highest BCUT2D eigenvalue weighted by Crippen LogP contribution is 2.21. The predicted molar refractivity (Wildman–Crippen MR) is 263 cm³/mol. The highest BCUT2D eigenvalue weighted by molar-refractivity contribution is 14.1. The van der Waals surface area contributed by atoms with Crippen LogP contribution in [0.4, 0.5) is 0 Å². The minimum absolute atomic E-state index is 0.00971. The maximum absolute atomic E-state index is 13.9. The molecule has 0 saturated heterocycles. The first-order chi connectivity index (χ1) is 33.4. The number of hydrogen-bond acceptors (Lipinski definition) is 14. The molecule has 0 spiro atoms.